The van der Waals surface area contributed by atoms with Crippen LogP contribution in [0.25, 0.3) is 0 Å². The Morgan fingerprint density at radius 3 is 3.21 bits per heavy atom. The third-order valence-corrected chi connectivity index (χ3v) is 2.41. The van der Waals surface area contributed by atoms with Gasteiger partial charge in [0.25, 0.3) is 0 Å². The highest BCUT2D eigenvalue weighted by Crippen LogP contribution is 1.98. The third kappa shape index (κ3) is 2.52. The van der Waals surface area contributed by atoms with Gasteiger partial charge in [-0.1, -0.05) is 5.16 Å². The van der Waals surface area contributed by atoms with Crippen LogP contribution in [-0.4, -0.2) is 35.8 Å². The van der Waals surface area contributed by atoms with Crippen molar-refractivity contribution in [2.24, 2.45) is 0 Å². The molecule has 0 saturated carbocycles. The topological polar surface area (TPSA) is 63.0 Å². The average Bonchev–Trinajstić information content (AvgIpc) is 2.77. The lowest BCUT2D eigenvalue weighted by atomic mass is 10.2. The lowest BCUT2D eigenvalue weighted by Crippen LogP contribution is -2.32. The molecule has 1 unspecified atom stereocenters. The SMILES string of the molecule is Cc1nc(CCNC2CCNC2)no1. The summed E-state index contributed by atoms with van der Waals surface area (Å²) in [6, 6.07) is 0.614. The van der Waals surface area contributed by atoms with Gasteiger partial charge in [-0.2, -0.15) is 4.98 Å². The summed E-state index contributed by atoms with van der Waals surface area (Å²) in [5.74, 6) is 1.43. The molecule has 0 spiro atoms. The molecule has 1 atom stereocenters. The summed E-state index contributed by atoms with van der Waals surface area (Å²) in [5.41, 5.74) is 0. The first-order valence-electron chi connectivity index (χ1n) is 5.08. The van der Waals surface area contributed by atoms with E-state index in [0.29, 0.717) is 11.9 Å². The van der Waals surface area contributed by atoms with Crippen molar-refractivity contribution in [2.45, 2.75) is 25.8 Å². The molecule has 0 amide bonds. The van der Waals surface area contributed by atoms with Crippen LogP contribution < -0.4 is 10.6 Å². The number of hydrogen-bond acceptors (Lipinski definition) is 5. The second-order valence-corrected chi connectivity index (χ2v) is 3.62. The third-order valence-electron chi connectivity index (χ3n) is 2.41. The highest BCUT2D eigenvalue weighted by atomic mass is 16.5. The van der Waals surface area contributed by atoms with Crippen molar-refractivity contribution >= 4 is 0 Å². The van der Waals surface area contributed by atoms with Gasteiger partial charge in [-0.15, -0.1) is 0 Å². The van der Waals surface area contributed by atoms with Crippen LogP contribution >= 0.6 is 0 Å². The Kier molecular flexibility index (Phi) is 3.10. The molecule has 0 radical (unpaired) electrons. The number of rotatable bonds is 4. The van der Waals surface area contributed by atoms with Crippen molar-refractivity contribution < 1.29 is 4.52 Å². The van der Waals surface area contributed by atoms with Gasteiger partial charge >= 0.3 is 0 Å². The van der Waals surface area contributed by atoms with Gasteiger partial charge in [0.2, 0.25) is 5.89 Å². The molecule has 1 saturated heterocycles. The molecule has 1 fully saturated rings. The zero-order valence-electron chi connectivity index (χ0n) is 8.42. The molecule has 2 N–H and O–H groups in total. The second kappa shape index (κ2) is 4.52. The Morgan fingerprint density at radius 1 is 1.64 bits per heavy atom. The first-order valence-corrected chi connectivity index (χ1v) is 5.08. The molecule has 5 heteroatoms. The Bertz CT molecular complexity index is 280. The van der Waals surface area contributed by atoms with Crippen LogP contribution in [0.2, 0.25) is 0 Å². The summed E-state index contributed by atoms with van der Waals surface area (Å²) in [7, 11) is 0. The van der Waals surface area contributed by atoms with Gasteiger partial charge in [0.15, 0.2) is 5.82 Å². The fourth-order valence-corrected chi connectivity index (χ4v) is 1.66. The van der Waals surface area contributed by atoms with Gasteiger partial charge < -0.3 is 15.2 Å². The number of aryl methyl sites for hydroxylation is 1. The maximum absolute atomic E-state index is 4.89. The monoisotopic (exact) mass is 196 g/mol. The first-order chi connectivity index (χ1) is 6.84. The first kappa shape index (κ1) is 9.61. The Labute approximate surface area is 83.3 Å². The van der Waals surface area contributed by atoms with E-state index in [1.807, 2.05) is 6.92 Å². The zero-order chi connectivity index (χ0) is 9.80. The number of nitrogens with one attached hydrogen (secondary N) is 2. The zero-order valence-corrected chi connectivity index (χ0v) is 8.42. The molecule has 5 nitrogen and oxygen atoms in total. The van der Waals surface area contributed by atoms with Gasteiger partial charge in [0.1, 0.15) is 0 Å². The molecule has 1 aliphatic heterocycles. The van der Waals surface area contributed by atoms with Crippen molar-refractivity contribution in [2.75, 3.05) is 19.6 Å². The number of hydrogen-bond donors (Lipinski definition) is 2. The predicted octanol–water partition coefficient (Wildman–Crippen LogP) is -0.128. The largest absolute Gasteiger partial charge is 0.340 e. The van der Waals surface area contributed by atoms with E-state index in [2.05, 4.69) is 20.8 Å². The Balaban J connectivity index is 1.67. The highest BCUT2D eigenvalue weighted by Gasteiger charge is 2.13. The normalized spacial score (nSPS) is 21.6. The van der Waals surface area contributed by atoms with Gasteiger partial charge in [0.05, 0.1) is 0 Å². The quantitative estimate of drug-likeness (QED) is 0.702. The minimum Gasteiger partial charge on any atom is -0.340 e. The highest BCUT2D eigenvalue weighted by molar-refractivity contribution is 4.86. The van der Waals surface area contributed by atoms with E-state index in [1.54, 1.807) is 0 Å². The van der Waals surface area contributed by atoms with Crippen molar-refractivity contribution in [1.29, 1.82) is 0 Å². The lowest BCUT2D eigenvalue weighted by Gasteiger charge is -2.08. The van der Waals surface area contributed by atoms with E-state index in [0.717, 1.165) is 31.9 Å². The van der Waals surface area contributed by atoms with Crippen LogP contribution in [0.5, 0.6) is 0 Å². The fraction of sp³-hybridized carbons (Fsp3) is 0.778. The Hall–Kier alpha value is -0.940. The van der Waals surface area contributed by atoms with Gasteiger partial charge in [-0.25, -0.2) is 0 Å². The minimum absolute atomic E-state index is 0.614. The van der Waals surface area contributed by atoms with E-state index in [1.165, 1.54) is 6.42 Å². The molecule has 1 aliphatic rings. The molecule has 1 aromatic rings. The maximum Gasteiger partial charge on any atom is 0.223 e. The summed E-state index contributed by atoms with van der Waals surface area (Å²) >= 11 is 0. The summed E-state index contributed by atoms with van der Waals surface area (Å²) in [5, 5.41) is 10.6. The van der Waals surface area contributed by atoms with Gasteiger partial charge in [-0.05, 0) is 13.0 Å². The molecular formula is C9H16N4O. The molecule has 2 rings (SSSR count). The van der Waals surface area contributed by atoms with E-state index >= 15 is 0 Å². The van der Waals surface area contributed by atoms with Crippen LogP contribution in [0, 0.1) is 6.92 Å². The standard InChI is InChI=1S/C9H16N4O/c1-7-12-9(13-14-7)3-5-11-8-2-4-10-6-8/h8,10-11H,2-6H2,1H3. The summed E-state index contributed by atoms with van der Waals surface area (Å²) in [6.07, 6.45) is 2.05. The lowest BCUT2D eigenvalue weighted by molar-refractivity contribution is 0.386. The van der Waals surface area contributed by atoms with Crippen LogP contribution in [-0.2, 0) is 6.42 Å². The second-order valence-electron chi connectivity index (χ2n) is 3.62. The Morgan fingerprint density at radius 2 is 2.57 bits per heavy atom. The molecule has 78 valence electrons. The van der Waals surface area contributed by atoms with Crippen LogP contribution in [0.3, 0.4) is 0 Å². The summed E-state index contributed by atoms with van der Waals surface area (Å²) < 4.78 is 4.89. The van der Waals surface area contributed by atoms with E-state index in [9.17, 15) is 0 Å². The van der Waals surface area contributed by atoms with Crippen LogP contribution in [0.4, 0.5) is 0 Å². The minimum atomic E-state index is 0.614. The van der Waals surface area contributed by atoms with Crippen molar-refractivity contribution in [3.8, 4) is 0 Å². The summed E-state index contributed by atoms with van der Waals surface area (Å²) in [6.45, 7) is 4.93. The summed E-state index contributed by atoms with van der Waals surface area (Å²) in [4.78, 5) is 4.14. The molecule has 0 aliphatic carbocycles. The molecule has 0 bridgehead atoms. The van der Waals surface area contributed by atoms with Crippen molar-refractivity contribution in [3.63, 3.8) is 0 Å². The molecule has 1 aromatic heterocycles. The maximum atomic E-state index is 4.89. The average molecular weight is 196 g/mol. The van der Waals surface area contributed by atoms with E-state index in [-0.39, 0.29) is 0 Å². The molecule has 14 heavy (non-hydrogen) atoms. The van der Waals surface area contributed by atoms with Gasteiger partial charge in [-0.3, -0.25) is 0 Å². The molecular weight excluding hydrogens is 180 g/mol. The molecule has 2 heterocycles. The van der Waals surface area contributed by atoms with Gasteiger partial charge in [0, 0.05) is 32.5 Å². The predicted molar refractivity (Wildman–Crippen MR) is 52.0 cm³/mol. The van der Waals surface area contributed by atoms with Crippen LogP contribution in [0.1, 0.15) is 18.1 Å². The number of aromatic nitrogens is 2. The number of nitrogens with zero attached hydrogens (tertiary/aromatic N) is 2. The van der Waals surface area contributed by atoms with E-state index < -0.39 is 0 Å². The van der Waals surface area contributed by atoms with E-state index in [4.69, 9.17) is 4.52 Å². The smallest absolute Gasteiger partial charge is 0.223 e. The van der Waals surface area contributed by atoms with Crippen LogP contribution in [0.15, 0.2) is 4.52 Å². The fourth-order valence-electron chi connectivity index (χ4n) is 1.66. The van der Waals surface area contributed by atoms with Crippen molar-refractivity contribution in [3.05, 3.63) is 11.7 Å². The molecule has 0 aromatic carbocycles. The van der Waals surface area contributed by atoms with Crippen molar-refractivity contribution in [1.82, 2.24) is 20.8 Å².